The van der Waals surface area contributed by atoms with Gasteiger partial charge in [-0.25, -0.2) is 15.0 Å². The molecule has 2 aromatic heterocycles. The molecule has 0 bridgehead atoms. The second-order valence-corrected chi connectivity index (χ2v) is 4.23. The lowest BCUT2D eigenvalue weighted by Crippen LogP contribution is -2.02. The van der Waals surface area contributed by atoms with Crippen LogP contribution in [0.5, 0.6) is 0 Å². The number of nitrogen functional groups attached to an aromatic ring is 1. The summed E-state index contributed by atoms with van der Waals surface area (Å²) in [5, 5.41) is 21.9. The van der Waals surface area contributed by atoms with Crippen LogP contribution in [0.25, 0.3) is 16.9 Å². The van der Waals surface area contributed by atoms with E-state index in [1.54, 1.807) is 0 Å². The summed E-state index contributed by atoms with van der Waals surface area (Å²) in [5.41, 5.74) is 5.49. The van der Waals surface area contributed by atoms with E-state index in [9.17, 15) is 20.2 Å². The first kappa shape index (κ1) is 13.4. The highest BCUT2D eigenvalue weighted by molar-refractivity contribution is 5.83. The molecule has 110 valence electrons. The van der Waals surface area contributed by atoms with Crippen LogP contribution in [0.2, 0.25) is 0 Å². The van der Waals surface area contributed by atoms with Crippen LogP contribution in [0.1, 0.15) is 0 Å². The Morgan fingerprint density at radius 2 is 1.86 bits per heavy atom. The second kappa shape index (κ2) is 4.73. The minimum atomic E-state index is -0.710. The van der Waals surface area contributed by atoms with Crippen LogP contribution in [0.3, 0.4) is 0 Å². The number of nitro benzene ring substituents is 2. The lowest BCUT2D eigenvalue weighted by molar-refractivity contribution is -0.394. The van der Waals surface area contributed by atoms with Crippen molar-refractivity contribution >= 4 is 28.4 Å². The fourth-order valence-corrected chi connectivity index (χ4v) is 2.00. The Labute approximate surface area is 121 Å². The highest BCUT2D eigenvalue weighted by Crippen LogP contribution is 2.30. The third-order valence-corrected chi connectivity index (χ3v) is 2.99. The normalized spacial score (nSPS) is 10.7. The van der Waals surface area contributed by atoms with Crippen LogP contribution in [0, 0.1) is 20.2 Å². The molecule has 0 radical (unpaired) electrons. The minimum Gasteiger partial charge on any atom is -0.382 e. The first-order valence-corrected chi connectivity index (χ1v) is 5.86. The van der Waals surface area contributed by atoms with Crippen molar-refractivity contribution < 1.29 is 9.85 Å². The summed E-state index contributed by atoms with van der Waals surface area (Å²) in [4.78, 5) is 32.3. The lowest BCUT2D eigenvalue weighted by Gasteiger charge is -2.04. The van der Waals surface area contributed by atoms with Gasteiger partial charge in [0.05, 0.1) is 15.9 Å². The molecule has 0 aliphatic rings. The zero-order valence-corrected chi connectivity index (χ0v) is 10.8. The van der Waals surface area contributed by atoms with Crippen molar-refractivity contribution in [1.29, 1.82) is 0 Å². The molecule has 11 heteroatoms. The largest absolute Gasteiger partial charge is 0.382 e. The number of aromatic nitrogens is 4. The van der Waals surface area contributed by atoms with E-state index in [2.05, 4.69) is 15.0 Å². The molecule has 11 nitrogen and oxygen atoms in total. The number of imidazole rings is 1. The van der Waals surface area contributed by atoms with Crippen molar-refractivity contribution in [2.75, 3.05) is 5.73 Å². The average molecular weight is 301 g/mol. The zero-order valence-electron chi connectivity index (χ0n) is 10.8. The van der Waals surface area contributed by atoms with Crippen LogP contribution in [0.4, 0.5) is 17.2 Å². The van der Waals surface area contributed by atoms with Crippen LogP contribution in [0.15, 0.2) is 30.9 Å². The lowest BCUT2D eigenvalue weighted by atomic mass is 10.2. The van der Waals surface area contributed by atoms with Gasteiger partial charge in [-0.2, -0.15) is 0 Å². The summed E-state index contributed by atoms with van der Waals surface area (Å²) in [5.74, 6) is 0.133. The fourth-order valence-electron chi connectivity index (χ4n) is 2.00. The highest BCUT2D eigenvalue weighted by atomic mass is 16.6. The molecule has 0 aliphatic heterocycles. The van der Waals surface area contributed by atoms with E-state index in [4.69, 9.17) is 5.73 Å². The Balaban J connectivity index is 2.28. The van der Waals surface area contributed by atoms with E-state index in [0.717, 1.165) is 6.07 Å². The number of nitrogens with zero attached hydrogens (tertiary/aromatic N) is 6. The van der Waals surface area contributed by atoms with E-state index in [0.29, 0.717) is 0 Å². The van der Waals surface area contributed by atoms with E-state index in [1.807, 2.05) is 0 Å². The molecule has 22 heavy (non-hydrogen) atoms. The molecule has 3 aromatic rings. The summed E-state index contributed by atoms with van der Waals surface area (Å²) < 4.78 is 1.33. The van der Waals surface area contributed by atoms with E-state index in [1.165, 1.54) is 29.4 Å². The van der Waals surface area contributed by atoms with Crippen molar-refractivity contribution in [2.45, 2.75) is 0 Å². The fraction of sp³-hybridized carbons (Fsp3) is 0. The van der Waals surface area contributed by atoms with E-state index >= 15 is 0 Å². The molecule has 2 heterocycles. The van der Waals surface area contributed by atoms with Gasteiger partial charge in [0.2, 0.25) is 0 Å². The maximum atomic E-state index is 11.2. The van der Waals surface area contributed by atoms with Gasteiger partial charge in [-0.3, -0.25) is 24.8 Å². The molecule has 0 amide bonds. The van der Waals surface area contributed by atoms with Gasteiger partial charge in [-0.05, 0) is 6.07 Å². The Hall–Kier alpha value is -3.63. The number of hydrogen-bond acceptors (Lipinski definition) is 8. The second-order valence-electron chi connectivity index (χ2n) is 4.23. The third kappa shape index (κ3) is 1.96. The Morgan fingerprint density at radius 1 is 1.09 bits per heavy atom. The predicted octanol–water partition coefficient (Wildman–Crippen LogP) is 1.21. The van der Waals surface area contributed by atoms with Gasteiger partial charge in [0.1, 0.15) is 18.3 Å². The topological polar surface area (TPSA) is 156 Å². The number of benzene rings is 1. The number of fused-ring (bicyclic) bond motifs is 1. The molecular weight excluding hydrogens is 294 g/mol. The number of anilines is 1. The molecule has 1 aromatic carbocycles. The van der Waals surface area contributed by atoms with E-state index < -0.39 is 15.5 Å². The molecular formula is C11H7N7O4. The number of hydrogen-bond donors (Lipinski definition) is 1. The standard InChI is InChI=1S/C11H7N7O4/c12-10-9-11(14-4-13-10)16(5-15-9)7-2-1-6(17(19)20)3-8(7)18(21)22/h1-5H,(H2,12,13,14). The molecule has 0 spiro atoms. The summed E-state index contributed by atoms with van der Waals surface area (Å²) in [7, 11) is 0. The first-order valence-electron chi connectivity index (χ1n) is 5.86. The van der Waals surface area contributed by atoms with Gasteiger partial charge < -0.3 is 5.73 Å². The molecule has 0 saturated carbocycles. The number of non-ortho nitro benzene ring substituents is 1. The van der Waals surface area contributed by atoms with Crippen molar-refractivity contribution in [3.63, 3.8) is 0 Å². The van der Waals surface area contributed by atoms with Crippen molar-refractivity contribution in [3.05, 3.63) is 51.1 Å². The van der Waals surface area contributed by atoms with Gasteiger partial charge in [0, 0.05) is 6.07 Å². The molecule has 0 unspecified atom stereocenters. The number of nitrogens with two attached hydrogens (primary N) is 1. The van der Waals surface area contributed by atoms with Crippen molar-refractivity contribution in [3.8, 4) is 5.69 Å². The molecule has 0 fully saturated rings. The Morgan fingerprint density at radius 3 is 2.55 bits per heavy atom. The van der Waals surface area contributed by atoms with Crippen LogP contribution < -0.4 is 5.73 Å². The Kier molecular flexibility index (Phi) is 2.87. The molecule has 0 saturated heterocycles. The average Bonchev–Trinajstić information content (AvgIpc) is 2.91. The summed E-state index contributed by atoms with van der Waals surface area (Å²) in [6.07, 6.45) is 2.50. The molecule has 3 rings (SSSR count). The van der Waals surface area contributed by atoms with Gasteiger partial charge in [-0.1, -0.05) is 0 Å². The van der Waals surface area contributed by atoms with Crippen molar-refractivity contribution in [2.24, 2.45) is 0 Å². The van der Waals surface area contributed by atoms with Crippen LogP contribution >= 0.6 is 0 Å². The monoisotopic (exact) mass is 301 g/mol. The quantitative estimate of drug-likeness (QED) is 0.558. The maximum Gasteiger partial charge on any atom is 0.300 e. The predicted molar refractivity (Wildman–Crippen MR) is 74.4 cm³/mol. The SMILES string of the molecule is Nc1ncnc2c1ncn2-c1ccc([N+](=O)[O-])cc1[N+](=O)[O-]. The number of nitro groups is 2. The van der Waals surface area contributed by atoms with Crippen molar-refractivity contribution in [1.82, 2.24) is 19.5 Å². The maximum absolute atomic E-state index is 11.2. The summed E-state index contributed by atoms with van der Waals surface area (Å²) >= 11 is 0. The van der Waals surface area contributed by atoms with E-state index in [-0.39, 0.29) is 28.4 Å². The third-order valence-electron chi connectivity index (χ3n) is 2.99. The van der Waals surface area contributed by atoms with Gasteiger partial charge in [-0.15, -0.1) is 0 Å². The Bertz CT molecular complexity index is 920. The minimum absolute atomic E-state index is 0.0937. The highest BCUT2D eigenvalue weighted by Gasteiger charge is 2.22. The van der Waals surface area contributed by atoms with Gasteiger partial charge in [0.25, 0.3) is 11.4 Å². The number of rotatable bonds is 3. The zero-order chi connectivity index (χ0) is 15.9. The summed E-state index contributed by atoms with van der Waals surface area (Å²) in [6, 6.07) is 3.31. The first-order chi connectivity index (χ1) is 10.5. The van der Waals surface area contributed by atoms with Crippen LogP contribution in [-0.2, 0) is 0 Å². The van der Waals surface area contributed by atoms with Gasteiger partial charge in [0.15, 0.2) is 17.0 Å². The molecule has 2 N–H and O–H groups in total. The summed E-state index contributed by atoms with van der Waals surface area (Å²) in [6.45, 7) is 0. The molecule has 0 aliphatic carbocycles. The van der Waals surface area contributed by atoms with Gasteiger partial charge >= 0.3 is 0 Å². The van der Waals surface area contributed by atoms with Crippen LogP contribution in [-0.4, -0.2) is 29.4 Å². The smallest absolute Gasteiger partial charge is 0.300 e. The molecule has 0 atom stereocenters.